The fourth-order valence-electron chi connectivity index (χ4n) is 2.73. The lowest BCUT2D eigenvalue weighted by atomic mass is 10.1. The van der Waals surface area contributed by atoms with Gasteiger partial charge in [-0.3, -0.25) is 14.3 Å². The second-order valence-corrected chi connectivity index (χ2v) is 7.19. The Morgan fingerprint density at radius 3 is 2.57 bits per heavy atom. The molecule has 0 spiro atoms. The van der Waals surface area contributed by atoms with Crippen molar-refractivity contribution in [3.8, 4) is 0 Å². The van der Waals surface area contributed by atoms with E-state index in [9.17, 15) is 14.4 Å². The molecule has 2 aromatic heterocycles. The average molecular weight is 409 g/mol. The molecule has 156 valence electrons. The molecule has 0 bridgehead atoms. The molecule has 0 aliphatic carbocycles. The molecule has 0 unspecified atom stereocenters. The number of aromatic nitrogens is 2. The quantitative estimate of drug-likeness (QED) is 0.428. The number of hydrogen-bond donors (Lipinski definition) is 1. The van der Waals surface area contributed by atoms with Crippen LogP contribution in [0.15, 0.2) is 59.3 Å². The molecule has 30 heavy (non-hydrogen) atoms. The van der Waals surface area contributed by atoms with Crippen molar-refractivity contribution in [1.29, 1.82) is 0 Å². The summed E-state index contributed by atoms with van der Waals surface area (Å²) in [6, 6.07) is 11.4. The van der Waals surface area contributed by atoms with Crippen molar-refractivity contribution >= 4 is 23.3 Å². The molecule has 0 radical (unpaired) electrons. The maximum Gasteiger partial charge on any atom is 0.374 e. The Kier molecular flexibility index (Phi) is 6.79. The summed E-state index contributed by atoms with van der Waals surface area (Å²) >= 11 is 0. The van der Waals surface area contributed by atoms with Gasteiger partial charge in [-0.25, -0.2) is 4.79 Å². The van der Waals surface area contributed by atoms with Crippen LogP contribution in [-0.2, 0) is 16.1 Å². The first kappa shape index (κ1) is 21.0. The minimum atomic E-state index is -0.715. The third-order valence-electron chi connectivity index (χ3n) is 4.16. The number of furan rings is 1. The lowest BCUT2D eigenvalue weighted by molar-refractivity contribution is -0.116. The van der Waals surface area contributed by atoms with Gasteiger partial charge in [0.05, 0.1) is 6.54 Å². The number of carbonyl (C=O) groups excluding carboxylic acids is 3. The average Bonchev–Trinajstić information content (AvgIpc) is 3.38. The number of rotatable bonds is 9. The zero-order valence-electron chi connectivity index (χ0n) is 16.8. The van der Waals surface area contributed by atoms with Gasteiger partial charge < -0.3 is 14.5 Å². The van der Waals surface area contributed by atoms with Crippen LogP contribution in [0.3, 0.4) is 0 Å². The van der Waals surface area contributed by atoms with Gasteiger partial charge in [-0.05, 0) is 48.4 Å². The first-order valence-electron chi connectivity index (χ1n) is 9.57. The van der Waals surface area contributed by atoms with Crippen molar-refractivity contribution in [2.75, 3.05) is 11.9 Å². The summed E-state index contributed by atoms with van der Waals surface area (Å²) in [5, 5.41) is 6.84. The van der Waals surface area contributed by atoms with Crippen molar-refractivity contribution in [3.63, 3.8) is 0 Å². The van der Waals surface area contributed by atoms with Gasteiger partial charge in [0.15, 0.2) is 12.4 Å². The first-order valence-corrected chi connectivity index (χ1v) is 9.57. The SMILES string of the molecule is CC(C)CC(=O)Nc1ccc(C(=O)COC(=O)c2ccc(Cn3cccn3)o2)cc1. The van der Waals surface area contributed by atoms with E-state index in [0.717, 1.165) is 0 Å². The monoisotopic (exact) mass is 409 g/mol. The third-order valence-corrected chi connectivity index (χ3v) is 4.16. The maximum atomic E-state index is 12.3. The van der Waals surface area contributed by atoms with Crippen LogP contribution < -0.4 is 5.32 Å². The van der Waals surface area contributed by atoms with Crippen LogP contribution in [0, 0.1) is 5.92 Å². The molecule has 1 amide bonds. The van der Waals surface area contributed by atoms with Crippen LogP contribution in [0.5, 0.6) is 0 Å². The lowest BCUT2D eigenvalue weighted by Crippen LogP contribution is -2.15. The Morgan fingerprint density at radius 2 is 1.90 bits per heavy atom. The Hall–Kier alpha value is -3.68. The molecule has 3 aromatic rings. The highest BCUT2D eigenvalue weighted by Gasteiger charge is 2.16. The van der Waals surface area contributed by atoms with Gasteiger partial charge in [0, 0.05) is 30.1 Å². The number of Topliss-reactive ketones (excluding diaryl/α,β-unsaturated/α-hetero) is 1. The minimum Gasteiger partial charge on any atom is -0.452 e. The second-order valence-electron chi connectivity index (χ2n) is 7.19. The van der Waals surface area contributed by atoms with Crippen molar-refractivity contribution in [2.45, 2.75) is 26.8 Å². The highest BCUT2D eigenvalue weighted by Crippen LogP contribution is 2.13. The zero-order chi connectivity index (χ0) is 21.5. The Labute approximate surface area is 173 Å². The van der Waals surface area contributed by atoms with Crippen molar-refractivity contribution in [1.82, 2.24) is 9.78 Å². The summed E-state index contributed by atoms with van der Waals surface area (Å²) < 4.78 is 12.2. The predicted molar refractivity (Wildman–Crippen MR) is 109 cm³/mol. The number of ketones is 1. The number of ether oxygens (including phenoxy) is 1. The molecule has 1 aromatic carbocycles. The maximum absolute atomic E-state index is 12.3. The summed E-state index contributed by atoms with van der Waals surface area (Å²) in [7, 11) is 0. The van der Waals surface area contributed by atoms with Crippen LogP contribution in [0.1, 0.15) is 46.9 Å². The molecule has 0 saturated carbocycles. The van der Waals surface area contributed by atoms with Gasteiger partial charge >= 0.3 is 5.97 Å². The van der Waals surface area contributed by atoms with E-state index >= 15 is 0 Å². The number of benzene rings is 1. The summed E-state index contributed by atoms with van der Waals surface area (Å²) in [4.78, 5) is 36.2. The van der Waals surface area contributed by atoms with Crippen molar-refractivity contribution < 1.29 is 23.5 Å². The lowest BCUT2D eigenvalue weighted by Gasteiger charge is -2.08. The molecule has 0 aliphatic rings. The first-order chi connectivity index (χ1) is 14.4. The molecule has 1 N–H and O–H groups in total. The van der Waals surface area contributed by atoms with Crippen molar-refractivity contribution in [2.24, 2.45) is 5.92 Å². The van der Waals surface area contributed by atoms with E-state index < -0.39 is 12.6 Å². The Balaban J connectivity index is 1.49. The molecule has 0 fully saturated rings. The normalized spacial score (nSPS) is 10.8. The largest absolute Gasteiger partial charge is 0.452 e. The van der Waals surface area contributed by atoms with E-state index in [1.165, 1.54) is 6.07 Å². The molecule has 0 atom stereocenters. The highest BCUT2D eigenvalue weighted by atomic mass is 16.5. The van der Waals surface area contributed by atoms with Crippen molar-refractivity contribution in [3.05, 3.63) is 71.9 Å². The minimum absolute atomic E-state index is 0.0215. The number of nitrogens with one attached hydrogen (secondary N) is 1. The van der Waals surface area contributed by atoms with Crippen LogP contribution in [0.2, 0.25) is 0 Å². The van der Waals surface area contributed by atoms with Crippen LogP contribution in [0.4, 0.5) is 5.69 Å². The molecule has 8 nitrogen and oxygen atoms in total. The van der Waals surface area contributed by atoms with Gasteiger partial charge in [0.25, 0.3) is 0 Å². The topological polar surface area (TPSA) is 103 Å². The number of esters is 1. The van der Waals surface area contributed by atoms with Crippen LogP contribution in [-0.4, -0.2) is 34.0 Å². The fraction of sp³-hybridized carbons (Fsp3) is 0.273. The van der Waals surface area contributed by atoms with E-state index in [4.69, 9.17) is 9.15 Å². The summed E-state index contributed by atoms with van der Waals surface area (Å²) in [6.07, 6.45) is 3.85. The van der Waals surface area contributed by atoms with Gasteiger partial charge in [-0.1, -0.05) is 13.8 Å². The number of hydrogen-bond acceptors (Lipinski definition) is 6. The molecular weight excluding hydrogens is 386 g/mol. The van der Waals surface area contributed by atoms with Gasteiger partial charge in [-0.15, -0.1) is 0 Å². The van der Waals surface area contributed by atoms with E-state index in [1.807, 2.05) is 13.8 Å². The Bertz CT molecular complexity index is 1000. The van der Waals surface area contributed by atoms with E-state index in [2.05, 4.69) is 10.4 Å². The van der Waals surface area contributed by atoms with Gasteiger partial charge in [0.1, 0.15) is 5.76 Å². The molecular formula is C22H23N3O5. The predicted octanol–water partition coefficient (Wildman–Crippen LogP) is 3.55. The Morgan fingerprint density at radius 1 is 1.13 bits per heavy atom. The number of nitrogens with zero attached hydrogens (tertiary/aromatic N) is 2. The summed E-state index contributed by atoms with van der Waals surface area (Å²) in [6.45, 7) is 3.91. The van der Waals surface area contributed by atoms with Crippen LogP contribution in [0.25, 0.3) is 0 Å². The summed E-state index contributed by atoms with van der Waals surface area (Å²) in [5.41, 5.74) is 0.984. The summed E-state index contributed by atoms with van der Waals surface area (Å²) in [5.74, 6) is -0.320. The molecule has 0 saturated heterocycles. The number of amides is 1. The van der Waals surface area contributed by atoms with Gasteiger partial charge in [-0.2, -0.15) is 5.10 Å². The highest BCUT2D eigenvalue weighted by molar-refractivity contribution is 5.99. The molecule has 3 rings (SSSR count). The second kappa shape index (κ2) is 9.69. The number of carbonyl (C=O) groups is 3. The number of anilines is 1. The third kappa shape index (κ3) is 5.91. The smallest absolute Gasteiger partial charge is 0.374 e. The van der Waals surface area contributed by atoms with E-state index in [0.29, 0.717) is 30.0 Å². The zero-order valence-corrected chi connectivity index (χ0v) is 16.8. The van der Waals surface area contributed by atoms with Gasteiger partial charge in [0.2, 0.25) is 11.7 Å². The van der Waals surface area contributed by atoms with Crippen LogP contribution >= 0.6 is 0 Å². The van der Waals surface area contributed by atoms with E-state index in [1.54, 1.807) is 53.5 Å². The molecule has 8 heteroatoms. The molecule has 0 aliphatic heterocycles. The van der Waals surface area contributed by atoms with E-state index in [-0.39, 0.29) is 23.4 Å². The standard InChI is InChI=1S/C22H23N3O5/c1-15(2)12-21(27)24-17-6-4-16(5-7-17)19(26)14-29-22(28)20-9-8-18(30-20)13-25-11-3-10-23-25/h3-11,15H,12-14H2,1-2H3,(H,24,27). The molecule has 2 heterocycles. The fourth-order valence-corrected chi connectivity index (χ4v) is 2.73.